The van der Waals surface area contributed by atoms with Crippen LogP contribution in [-0.2, 0) is 27.5 Å². The van der Waals surface area contributed by atoms with Crippen molar-refractivity contribution in [2.24, 2.45) is 0 Å². The summed E-state index contributed by atoms with van der Waals surface area (Å²) in [5.74, 6) is 0.970. The Hall–Kier alpha value is -1.56. The van der Waals surface area contributed by atoms with Crippen molar-refractivity contribution in [3.63, 3.8) is 0 Å². The fraction of sp³-hybridized carbons (Fsp3) is 0.650. The molecule has 3 aliphatic rings. The third-order valence-corrected chi connectivity index (χ3v) is 7.79. The van der Waals surface area contributed by atoms with Crippen molar-refractivity contribution >= 4 is 15.7 Å². The summed E-state index contributed by atoms with van der Waals surface area (Å²) in [5, 5.41) is 0. The molecule has 6 heteroatoms. The monoisotopic (exact) mass is 377 g/mol. The molecular formula is C20H27NO4S. The maximum atomic E-state index is 12.9. The van der Waals surface area contributed by atoms with Crippen LogP contribution in [0.15, 0.2) is 18.2 Å². The van der Waals surface area contributed by atoms with Crippen LogP contribution in [0.5, 0.6) is 5.75 Å². The third kappa shape index (κ3) is 3.75. The topological polar surface area (TPSA) is 63.7 Å². The predicted molar refractivity (Wildman–Crippen MR) is 100 cm³/mol. The molecule has 0 N–H and O–H groups in total. The normalized spacial score (nSPS) is 24.5. The number of sulfone groups is 1. The summed E-state index contributed by atoms with van der Waals surface area (Å²) in [7, 11) is -3.01. The van der Waals surface area contributed by atoms with Gasteiger partial charge in [0, 0.05) is 12.1 Å². The van der Waals surface area contributed by atoms with Crippen LogP contribution in [-0.4, -0.2) is 49.4 Å². The minimum Gasteiger partial charge on any atom is -0.484 e. The molecule has 0 aromatic heterocycles. The smallest absolute Gasteiger partial charge is 0.261 e. The molecule has 1 saturated heterocycles. The highest BCUT2D eigenvalue weighted by atomic mass is 32.2. The Morgan fingerprint density at radius 3 is 2.54 bits per heavy atom. The van der Waals surface area contributed by atoms with E-state index < -0.39 is 9.84 Å². The van der Waals surface area contributed by atoms with Crippen molar-refractivity contribution < 1.29 is 17.9 Å². The molecular weight excluding hydrogens is 350 g/mol. The number of rotatable bonds is 5. The van der Waals surface area contributed by atoms with Crippen LogP contribution in [0.1, 0.15) is 49.7 Å². The van der Waals surface area contributed by atoms with Gasteiger partial charge in [-0.05, 0) is 61.8 Å². The first-order valence-electron chi connectivity index (χ1n) is 9.78. The molecule has 1 aromatic rings. The van der Waals surface area contributed by atoms with Crippen LogP contribution in [0, 0.1) is 0 Å². The fourth-order valence-electron chi connectivity index (χ4n) is 4.74. The van der Waals surface area contributed by atoms with E-state index in [0.717, 1.165) is 44.3 Å². The van der Waals surface area contributed by atoms with Gasteiger partial charge in [0.15, 0.2) is 16.4 Å². The highest BCUT2D eigenvalue weighted by Gasteiger charge is 2.39. The molecule has 142 valence electrons. The van der Waals surface area contributed by atoms with Gasteiger partial charge >= 0.3 is 0 Å². The average Bonchev–Trinajstić information content (AvgIpc) is 3.34. The average molecular weight is 378 g/mol. The molecule has 2 fully saturated rings. The van der Waals surface area contributed by atoms with Crippen LogP contribution < -0.4 is 4.74 Å². The van der Waals surface area contributed by atoms with Gasteiger partial charge in [0.2, 0.25) is 0 Å². The molecule has 1 unspecified atom stereocenters. The fourth-order valence-corrected chi connectivity index (χ4v) is 6.45. The number of hydrogen-bond donors (Lipinski definition) is 0. The lowest BCUT2D eigenvalue weighted by molar-refractivity contribution is -0.137. The molecule has 1 amide bonds. The molecule has 2 aliphatic carbocycles. The predicted octanol–water partition coefficient (Wildman–Crippen LogP) is 2.51. The van der Waals surface area contributed by atoms with Crippen molar-refractivity contribution in [1.82, 2.24) is 4.90 Å². The standard InChI is InChI=1S/C20H27NO4S/c22-20(13-25-19-9-8-15-4-3-5-16(15)12-19)21(17-6-1-2-7-17)18-10-11-26(23,24)14-18/h8-9,12,17-18H,1-7,10-11,13-14H2. The Balaban J connectivity index is 1.44. The lowest BCUT2D eigenvalue weighted by Crippen LogP contribution is -2.48. The molecule has 1 aliphatic heterocycles. The van der Waals surface area contributed by atoms with E-state index in [0.29, 0.717) is 6.42 Å². The summed E-state index contributed by atoms with van der Waals surface area (Å²) >= 11 is 0. The summed E-state index contributed by atoms with van der Waals surface area (Å²) < 4.78 is 29.6. The van der Waals surface area contributed by atoms with E-state index in [1.807, 2.05) is 11.0 Å². The number of carbonyl (C=O) groups excluding carboxylic acids is 1. The highest BCUT2D eigenvalue weighted by molar-refractivity contribution is 7.91. The zero-order chi connectivity index (χ0) is 18.1. The van der Waals surface area contributed by atoms with Crippen molar-refractivity contribution in [3.8, 4) is 5.75 Å². The molecule has 4 rings (SSSR count). The van der Waals surface area contributed by atoms with Crippen molar-refractivity contribution in [1.29, 1.82) is 0 Å². The first-order valence-corrected chi connectivity index (χ1v) is 11.6. The van der Waals surface area contributed by atoms with E-state index in [1.165, 1.54) is 17.5 Å². The summed E-state index contributed by atoms with van der Waals surface area (Å²) in [5.41, 5.74) is 2.71. The van der Waals surface area contributed by atoms with Crippen LogP contribution in [0.4, 0.5) is 0 Å². The SMILES string of the molecule is O=C(COc1ccc2c(c1)CCC2)N(C1CCCC1)C1CCS(=O)(=O)C1. The minimum atomic E-state index is -3.01. The van der Waals surface area contributed by atoms with Crippen LogP contribution in [0.25, 0.3) is 0 Å². The Kier molecular flexibility index (Phi) is 4.95. The molecule has 1 atom stereocenters. The van der Waals surface area contributed by atoms with E-state index in [1.54, 1.807) is 0 Å². The highest BCUT2D eigenvalue weighted by Crippen LogP contribution is 2.30. The molecule has 26 heavy (non-hydrogen) atoms. The molecule has 5 nitrogen and oxygen atoms in total. The Bertz CT molecular complexity index is 783. The number of fused-ring (bicyclic) bond motifs is 1. The van der Waals surface area contributed by atoms with Gasteiger partial charge in [-0.2, -0.15) is 0 Å². The quantitative estimate of drug-likeness (QED) is 0.791. The number of ether oxygens (including phenoxy) is 1. The Labute approximate surface area is 155 Å². The third-order valence-electron chi connectivity index (χ3n) is 6.04. The van der Waals surface area contributed by atoms with Gasteiger partial charge in [0.05, 0.1) is 11.5 Å². The number of aryl methyl sites for hydroxylation is 2. The molecule has 1 heterocycles. The minimum absolute atomic E-state index is 0.00810. The summed E-state index contributed by atoms with van der Waals surface area (Å²) in [4.78, 5) is 14.8. The first-order chi connectivity index (χ1) is 12.5. The van der Waals surface area contributed by atoms with Gasteiger partial charge in [-0.1, -0.05) is 18.9 Å². The number of carbonyl (C=O) groups is 1. The second-order valence-electron chi connectivity index (χ2n) is 7.87. The van der Waals surface area contributed by atoms with Gasteiger partial charge in [0.1, 0.15) is 5.75 Å². The van der Waals surface area contributed by atoms with Gasteiger partial charge in [0.25, 0.3) is 5.91 Å². The van der Waals surface area contributed by atoms with Crippen LogP contribution in [0.3, 0.4) is 0 Å². The van der Waals surface area contributed by atoms with Crippen LogP contribution >= 0.6 is 0 Å². The second kappa shape index (κ2) is 7.22. The first kappa shape index (κ1) is 17.8. The number of hydrogen-bond acceptors (Lipinski definition) is 4. The summed E-state index contributed by atoms with van der Waals surface area (Å²) in [6, 6.07) is 6.08. The number of amides is 1. The van der Waals surface area contributed by atoms with E-state index in [2.05, 4.69) is 12.1 Å². The van der Waals surface area contributed by atoms with Crippen LogP contribution in [0.2, 0.25) is 0 Å². The lowest BCUT2D eigenvalue weighted by Gasteiger charge is -2.34. The van der Waals surface area contributed by atoms with Crippen molar-refractivity contribution in [3.05, 3.63) is 29.3 Å². The van der Waals surface area contributed by atoms with Crippen molar-refractivity contribution in [2.45, 2.75) is 63.5 Å². The van der Waals surface area contributed by atoms with E-state index in [9.17, 15) is 13.2 Å². The van der Waals surface area contributed by atoms with Gasteiger partial charge in [-0.3, -0.25) is 4.79 Å². The number of nitrogens with zero attached hydrogens (tertiary/aromatic N) is 1. The Morgan fingerprint density at radius 1 is 1.04 bits per heavy atom. The van der Waals surface area contributed by atoms with E-state index >= 15 is 0 Å². The zero-order valence-electron chi connectivity index (χ0n) is 15.2. The van der Waals surface area contributed by atoms with Gasteiger partial charge < -0.3 is 9.64 Å². The summed E-state index contributed by atoms with van der Waals surface area (Å²) in [6.45, 7) is -0.00810. The maximum Gasteiger partial charge on any atom is 0.261 e. The van der Waals surface area contributed by atoms with Crippen molar-refractivity contribution in [2.75, 3.05) is 18.1 Å². The Morgan fingerprint density at radius 2 is 1.81 bits per heavy atom. The molecule has 0 radical (unpaired) electrons. The van der Waals surface area contributed by atoms with E-state index in [4.69, 9.17) is 4.74 Å². The maximum absolute atomic E-state index is 12.9. The largest absolute Gasteiger partial charge is 0.484 e. The number of benzene rings is 1. The van der Waals surface area contributed by atoms with Gasteiger partial charge in [-0.25, -0.2) is 8.42 Å². The molecule has 0 bridgehead atoms. The van der Waals surface area contributed by atoms with E-state index in [-0.39, 0.29) is 36.1 Å². The summed E-state index contributed by atoms with van der Waals surface area (Å²) in [6.07, 6.45) is 8.11. The zero-order valence-corrected chi connectivity index (χ0v) is 16.0. The molecule has 0 spiro atoms. The lowest BCUT2D eigenvalue weighted by atomic mass is 10.1. The molecule has 1 aromatic carbocycles. The van der Waals surface area contributed by atoms with Gasteiger partial charge in [-0.15, -0.1) is 0 Å². The molecule has 1 saturated carbocycles. The second-order valence-corrected chi connectivity index (χ2v) is 10.1.